The Kier molecular flexibility index (Phi) is 5.49. The van der Waals surface area contributed by atoms with Crippen molar-refractivity contribution in [1.82, 2.24) is 9.88 Å². The zero-order valence-corrected chi connectivity index (χ0v) is 12.3. The second-order valence-corrected chi connectivity index (χ2v) is 4.88. The van der Waals surface area contributed by atoms with Gasteiger partial charge in [0, 0.05) is 33.4 Å². The van der Waals surface area contributed by atoms with E-state index in [1.807, 2.05) is 11.8 Å². The largest absolute Gasteiger partial charge is 0.481 e. The Hall–Kier alpha value is -2.11. The summed E-state index contributed by atoms with van der Waals surface area (Å²) >= 11 is 0. The highest BCUT2D eigenvalue weighted by Gasteiger charge is 2.17. The molecule has 1 rings (SSSR count). The minimum absolute atomic E-state index is 0.106. The second-order valence-electron chi connectivity index (χ2n) is 4.88. The highest BCUT2D eigenvalue weighted by atomic mass is 16.4. The topological polar surface area (TPSA) is 73.7 Å². The number of nitrogens with zero attached hydrogens (tertiary/aromatic N) is 3. The van der Waals surface area contributed by atoms with Crippen LogP contribution in [0.15, 0.2) is 18.3 Å². The van der Waals surface area contributed by atoms with Crippen molar-refractivity contribution < 1.29 is 14.7 Å². The molecular weight excluding hydrogens is 258 g/mol. The summed E-state index contributed by atoms with van der Waals surface area (Å²) in [6, 6.07) is 3.45. The van der Waals surface area contributed by atoms with Gasteiger partial charge in [-0.15, -0.1) is 0 Å². The van der Waals surface area contributed by atoms with Crippen molar-refractivity contribution in [1.29, 1.82) is 0 Å². The van der Waals surface area contributed by atoms with Gasteiger partial charge in [0.1, 0.15) is 5.82 Å². The van der Waals surface area contributed by atoms with Crippen LogP contribution in [0.25, 0.3) is 0 Å². The van der Waals surface area contributed by atoms with Crippen molar-refractivity contribution in [2.75, 3.05) is 32.1 Å². The number of hydrogen-bond acceptors (Lipinski definition) is 4. The molecule has 1 heterocycles. The third-order valence-electron chi connectivity index (χ3n) is 3.02. The fourth-order valence-electron chi connectivity index (χ4n) is 1.75. The van der Waals surface area contributed by atoms with E-state index in [-0.39, 0.29) is 5.91 Å². The number of hydrogen-bond donors (Lipinski definition) is 1. The second kappa shape index (κ2) is 6.88. The Morgan fingerprint density at radius 3 is 2.40 bits per heavy atom. The molecule has 0 saturated carbocycles. The molecule has 0 aliphatic rings. The van der Waals surface area contributed by atoms with E-state index < -0.39 is 11.9 Å². The van der Waals surface area contributed by atoms with Gasteiger partial charge in [-0.3, -0.25) is 9.59 Å². The summed E-state index contributed by atoms with van der Waals surface area (Å²) in [7, 11) is 3.37. The number of anilines is 1. The first kappa shape index (κ1) is 15.9. The SMILES string of the molecule is CCN(CC(C)C(=O)O)c1ccc(C(=O)N(C)C)cn1. The first-order chi connectivity index (χ1) is 9.36. The number of carboxylic acid groups (broad SMARTS) is 1. The van der Waals surface area contributed by atoms with Gasteiger partial charge in [-0.05, 0) is 19.1 Å². The number of aliphatic carboxylic acids is 1. The van der Waals surface area contributed by atoms with E-state index in [1.165, 1.54) is 11.1 Å². The van der Waals surface area contributed by atoms with Crippen LogP contribution in [0.5, 0.6) is 0 Å². The minimum Gasteiger partial charge on any atom is -0.481 e. The zero-order chi connectivity index (χ0) is 15.3. The lowest BCUT2D eigenvalue weighted by molar-refractivity contribution is -0.140. The van der Waals surface area contributed by atoms with Gasteiger partial charge in [0.2, 0.25) is 0 Å². The van der Waals surface area contributed by atoms with E-state index in [1.54, 1.807) is 33.2 Å². The van der Waals surface area contributed by atoms with Crippen molar-refractivity contribution in [2.45, 2.75) is 13.8 Å². The fourth-order valence-corrected chi connectivity index (χ4v) is 1.75. The Morgan fingerprint density at radius 2 is 2.00 bits per heavy atom. The third kappa shape index (κ3) is 3.94. The highest BCUT2D eigenvalue weighted by Crippen LogP contribution is 2.14. The Balaban J connectivity index is 2.85. The number of carboxylic acids is 1. The molecule has 0 aliphatic carbocycles. The molecule has 1 aromatic heterocycles. The maximum Gasteiger partial charge on any atom is 0.308 e. The van der Waals surface area contributed by atoms with Crippen LogP contribution in [0.2, 0.25) is 0 Å². The molecule has 1 unspecified atom stereocenters. The molecule has 0 fully saturated rings. The van der Waals surface area contributed by atoms with Crippen LogP contribution < -0.4 is 4.90 Å². The molecule has 20 heavy (non-hydrogen) atoms. The van der Waals surface area contributed by atoms with E-state index in [0.29, 0.717) is 24.5 Å². The highest BCUT2D eigenvalue weighted by molar-refractivity contribution is 5.93. The molecule has 0 bridgehead atoms. The molecule has 6 heteroatoms. The lowest BCUT2D eigenvalue weighted by Crippen LogP contribution is -2.32. The summed E-state index contributed by atoms with van der Waals surface area (Å²) in [5, 5.41) is 8.95. The van der Waals surface area contributed by atoms with E-state index in [0.717, 1.165) is 0 Å². The molecule has 1 N–H and O–H groups in total. The Bertz CT molecular complexity index is 471. The van der Waals surface area contributed by atoms with Gasteiger partial charge in [-0.2, -0.15) is 0 Å². The number of aromatic nitrogens is 1. The van der Waals surface area contributed by atoms with E-state index in [4.69, 9.17) is 5.11 Å². The van der Waals surface area contributed by atoms with Crippen molar-refractivity contribution in [3.63, 3.8) is 0 Å². The van der Waals surface area contributed by atoms with Gasteiger partial charge in [0.25, 0.3) is 5.91 Å². The standard InChI is InChI=1S/C14H21N3O3/c1-5-17(9-10(2)14(19)20)12-7-6-11(8-15-12)13(18)16(3)4/h6-8,10H,5,9H2,1-4H3,(H,19,20). The molecule has 0 radical (unpaired) electrons. The van der Waals surface area contributed by atoms with Crippen LogP contribution >= 0.6 is 0 Å². The van der Waals surface area contributed by atoms with Crippen LogP contribution in [0.4, 0.5) is 5.82 Å². The average Bonchev–Trinajstić information content (AvgIpc) is 2.43. The minimum atomic E-state index is -0.831. The molecule has 110 valence electrons. The van der Waals surface area contributed by atoms with Crippen LogP contribution in [0.3, 0.4) is 0 Å². The summed E-state index contributed by atoms with van der Waals surface area (Å²) in [4.78, 5) is 30.3. The summed E-state index contributed by atoms with van der Waals surface area (Å²) < 4.78 is 0. The van der Waals surface area contributed by atoms with Gasteiger partial charge >= 0.3 is 5.97 Å². The number of pyridine rings is 1. The van der Waals surface area contributed by atoms with Crippen molar-refractivity contribution >= 4 is 17.7 Å². The Labute approximate surface area is 119 Å². The first-order valence-corrected chi connectivity index (χ1v) is 6.52. The third-order valence-corrected chi connectivity index (χ3v) is 3.02. The average molecular weight is 279 g/mol. The lowest BCUT2D eigenvalue weighted by atomic mass is 10.1. The summed E-state index contributed by atoms with van der Waals surface area (Å²) in [5.41, 5.74) is 0.515. The normalized spacial score (nSPS) is 11.8. The summed E-state index contributed by atoms with van der Waals surface area (Å²) in [6.45, 7) is 4.65. The molecule has 1 aromatic rings. The first-order valence-electron chi connectivity index (χ1n) is 6.52. The van der Waals surface area contributed by atoms with Crippen molar-refractivity contribution in [3.05, 3.63) is 23.9 Å². The molecule has 0 aliphatic heterocycles. The maximum atomic E-state index is 11.8. The zero-order valence-electron chi connectivity index (χ0n) is 12.3. The van der Waals surface area contributed by atoms with Gasteiger partial charge in [0.05, 0.1) is 11.5 Å². The smallest absolute Gasteiger partial charge is 0.308 e. The predicted octanol–water partition coefficient (Wildman–Crippen LogP) is 1.33. The van der Waals surface area contributed by atoms with Crippen molar-refractivity contribution in [2.24, 2.45) is 5.92 Å². The van der Waals surface area contributed by atoms with Crippen LogP contribution in [0.1, 0.15) is 24.2 Å². The van der Waals surface area contributed by atoms with Crippen molar-refractivity contribution in [3.8, 4) is 0 Å². The molecule has 1 amide bonds. The molecule has 6 nitrogen and oxygen atoms in total. The number of carbonyl (C=O) groups excluding carboxylic acids is 1. The van der Waals surface area contributed by atoms with Gasteiger partial charge in [-0.1, -0.05) is 6.92 Å². The van der Waals surface area contributed by atoms with Crippen LogP contribution in [0, 0.1) is 5.92 Å². The summed E-state index contributed by atoms with van der Waals surface area (Å²) in [6.07, 6.45) is 1.52. The Morgan fingerprint density at radius 1 is 1.35 bits per heavy atom. The van der Waals surface area contributed by atoms with Gasteiger partial charge < -0.3 is 14.9 Å². The molecule has 1 atom stereocenters. The summed E-state index contributed by atoms with van der Waals surface area (Å²) in [5.74, 6) is -0.732. The fraction of sp³-hybridized carbons (Fsp3) is 0.500. The molecule has 0 spiro atoms. The molecular formula is C14H21N3O3. The van der Waals surface area contributed by atoms with E-state index in [9.17, 15) is 9.59 Å². The molecule has 0 saturated heterocycles. The van der Waals surface area contributed by atoms with Crippen LogP contribution in [-0.2, 0) is 4.79 Å². The van der Waals surface area contributed by atoms with Gasteiger partial charge in [-0.25, -0.2) is 4.98 Å². The lowest BCUT2D eigenvalue weighted by Gasteiger charge is -2.24. The maximum absolute atomic E-state index is 11.8. The van der Waals surface area contributed by atoms with Crippen LogP contribution in [-0.4, -0.2) is 54.1 Å². The predicted molar refractivity (Wildman–Crippen MR) is 76.9 cm³/mol. The van der Waals surface area contributed by atoms with E-state index in [2.05, 4.69) is 4.98 Å². The van der Waals surface area contributed by atoms with E-state index >= 15 is 0 Å². The quantitative estimate of drug-likeness (QED) is 0.850. The monoisotopic (exact) mass is 279 g/mol. The number of rotatable bonds is 6. The van der Waals surface area contributed by atoms with Gasteiger partial charge in [0.15, 0.2) is 0 Å². The number of carbonyl (C=O) groups is 2. The number of amides is 1. The molecule has 0 aromatic carbocycles.